The van der Waals surface area contributed by atoms with Gasteiger partial charge in [0.25, 0.3) is 0 Å². The van der Waals surface area contributed by atoms with Crippen LogP contribution in [-0.4, -0.2) is 36.2 Å². The Labute approximate surface area is 123 Å². The minimum Gasteiger partial charge on any atom is -0.424 e. The van der Waals surface area contributed by atoms with E-state index < -0.39 is 9.84 Å². The minimum atomic E-state index is -2.86. The Morgan fingerprint density at radius 2 is 1.95 bits per heavy atom. The summed E-state index contributed by atoms with van der Waals surface area (Å²) >= 11 is 0. The fourth-order valence-corrected chi connectivity index (χ4v) is 4.10. The fourth-order valence-electron chi connectivity index (χ4n) is 2.39. The number of hydrogen-bond acceptors (Lipinski definition) is 6. The van der Waals surface area contributed by atoms with Gasteiger partial charge in [0.1, 0.15) is 0 Å². The van der Waals surface area contributed by atoms with Crippen molar-refractivity contribution in [1.29, 1.82) is 0 Å². The van der Waals surface area contributed by atoms with E-state index >= 15 is 0 Å². The Kier molecular flexibility index (Phi) is 4.03. The van der Waals surface area contributed by atoms with Crippen molar-refractivity contribution in [3.63, 3.8) is 0 Å². The summed E-state index contributed by atoms with van der Waals surface area (Å²) in [4.78, 5) is 0. The van der Waals surface area contributed by atoms with Crippen molar-refractivity contribution in [2.24, 2.45) is 0 Å². The lowest BCUT2D eigenvalue weighted by Gasteiger charge is -2.07. The molecule has 2 heterocycles. The highest BCUT2D eigenvalue weighted by Gasteiger charge is 2.27. The summed E-state index contributed by atoms with van der Waals surface area (Å²) in [6, 6.07) is 9.89. The normalized spacial score (nSPS) is 20.7. The maximum absolute atomic E-state index is 11.4. The van der Waals surface area contributed by atoms with E-state index in [1.807, 2.05) is 30.3 Å². The number of aromatic nitrogens is 2. The molecule has 1 aromatic carbocycles. The van der Waals surface area contributed by atoms with Crippen LogP contribution < -0.4 is 5.32 Å². The highest BCUT2D eigenvalue weighted by molar-refractivity contribution is 7.91. The van der Waals surface area contributed by atoms with Crippen LogP contribution in [0.5, 0.6) is 0 Å². The summed E-state index contributed by atoms with van der Waals surface area (Å²) in [5, 5.41) is 11.1. The number of hydrogen-bond donors (Lipinski definition) is 1. The van der Waals surface area contributed by atoms with Gasteiger partial charge in [-0.05, 0) is 12.0 Å². The number of nitrogens with one attached hydrogen (secondary N) is 1. The van der Waals surface area contributed by atoms with Gasteiger partial charge in [-0.3, -0.25) is 0 Å². The largest absolute Gasteiger partial charge is 0.424 e. The quantitative estimate of drug-likeness (QED) is 0.885. The van der Waals surface area contributed by atoms with Crippen molar-refractivity contribution in [3.05, 3.63) is 47.7 Å². The average Bonchev–Trinajstić information content (AvgIpc) is 3.04. The zero-order chi connectivity index (χ0) is 14.7. The third kappa shape index (κ3) is 3.89. The Bertz CT molecular complexity index is 697. The lowest BCUT2D eigenvalue weighted by atomic mass is 10.2. The van der Waals surface area contributed by atoms with Crippen molar-refractivity contribution in [1.82, 2.24) is 15.5 Å². The maximum atomic E-state index is 11.4. The van der Waals surface area contributed by atoms with Gasteiger partial charge < -0.3 is 9.73 Å². The molecule has 1 atom stereocenters. The second kappa shape index (κ2) is 5.95. The SMILES string of the molecule is O=S1(=O)CCC(NCc2nnc(Cc3ccccc3)o2)C1. The number of nitrogens with zero attached hydrogens (tertiary/aromatic N) is 2. The van der Waals surface area contributed by atoms with Crippen LogP contribution in [0.25, 0.3) is 0 Å². The fraction of sp³-hybridized carbons (Fsp3) is 0.429. The second-order valence-corrected chi connectivity index (χ2v) is 7.46. The third-order valence-corrected chi connectivity index (χ3v) is 5.25. The van der Waals surface area contributed by atoms with Gasteiger partial charge in [0.2, 0.25) is 11.8 Å². The highest BCUT2D eigenvalue weighted by atomic mass is 32.2. The predicted octanol–water partition coefficient (Wildman–Crippen LogP) is 0.937. The molecular weight excluding hydrogens is 290 g/mol. The van der Waals surface area contributed by atoms with Crippen LogP contribution >= 0.6 is 0 Å². The zero-order valence-corrected chi connectivity index (χ0v) is 12.3. The summed E-state index contributed by atoms with van der Waals surface area (Å²) in [5.74, 6) is 1.51. The van der Waals surface area contributed by atoms with Crippen LogP contribution in [0.2, 0.25) is 0 Å². The standard InChI is InChI=1S/C14H17N3O3S/c18-21(19)7-6-12(10-21)15-9-14-17-16-13(20-14)8-11-4-2-1-3-5-11/h1-5,12,15H,6-10H2. The van der Waals surface area contributed by atoms with Gasteiger partial charge in [-0.2, -0.15) is 0 Å². The topological polar surface area (TPSA) is 85.1 Å². The van der Waals surface area contributed by atoms with E-state index in [1.165, 1.54) is 0 Å². The van der Waals surface area contributed by atoms with E-state index in [4.69, 9.17) is 4.42 Å². The molecule has 1 fully saturated rings. The van der Waals surface area contributed by atoms with E-state index in [2.05, 4.69) is 15.5 Å². The first-order valence-electron chi connectivity index (χ1n) is 6.90. The molecular formula is C14H17N3O3S. The molecule has 0 radical (unpaired) electrons. The van der Waals surface area contributed by atoms with Crippen molar-refractivity contribution < 1.29 is 12.8 Å². The van der Waals surface area contributed by atoms with Gasteiger partial charge in [-0.25, -0.2) is 8.42 Å². The van der Waals surface area contributed by atoms with Gasteiger partial charge in [0, 0.05) is 6.04 Å². The van der Waals surface area contributed by atoms with Crippen LogP contribution in [0.1, 0.15) is 23.8 Å². The molecule has 1 N–H and O–H groups in total. The van der Waals surface area contributed by atoms with Crippen LogP contribution in [-0.2, 0) is 22.8 Å². The van der Waals surface area contributed by atoms with Crippen molar-refractivity contribution >= 4 is 9.84 Å². The zero-order valence-electron chi connectivity index (χ0n) is 11.5. The summed E-state index contributed by atoms with van der Waals surface area (Å²) in [7, 11) is -2.86. The van der Waals surface area contributed by atoms with E-state index in [9.17, 15) is 8.42 Å². The van der Waals surface area contributed by atoms with Crippen molar-refractivity contribution in [2.75, 3.05) is 11.5 Å². The van der Waals surface area contributed by atoms with Gasteiger partial charge in [0.15, 0.2) is 9.84 Å². The first-order chi connectivity index (χ1) is 10.1. The molecule has 21 heavy (non-hydrogen) atoms. The number of benzene rings is 1. The summed E-state index contributed by atoms with van der Waals surface area (Å²) in [6.07, 6.45) is 1.25. The third-order valence-electron chi connectivity index (χ3n) is 3.48. The maximum Gasteiger partial charge on any atom is 0.230 e. The van der Waals surface area contributed by atoms with E-state index in [1.54, 1.807) is 0 Å². The van der Waals surface area contributed by atoms with Gasteiger partial charge >= 0.3 is 0 Å². The molecule has 1 unspecified atom stereocenters. The smallest absolute Gasteiger partial charge is 0.230 e. The summed E-state index contributed by atoms with van der Waals surface area (Å²) in [5.41, 5.74) is 1.11. The first kappa shape index (κ1) is 14.2. The van der Waals surface area contributed by atoms with Crippen LogP contribution in [0, 0.1) is 0 Å². The Balaban J connectivity index is 1.54. The summed E-state index contributed by atoms with van der Waals surface area (Å²) < 4.78 is 28.3. The molecule has 0 spiro atoms. The molecule has 0 amide bonds. The molecule has 3 rings (SSSR count). The lowest BCUT2D eigenvalue weighted by molar-refractivity contribution is 0.422. The Hall–Kier alpha value is -1.73. The molecule has 1 aromatic heterocycles. The van der Waals surface area contributed by atoms with E-state index in [0.29, 0.717) is 31.2 Å². The molecule has 0 aliphatic carbocycles. The van der Waals surface area contributed by atoms with Crippen LogP contribution in [0.15, 0.2) is 34.7 Å². The minimum absolute atomic E-state index is 0.0144. The molecule has 1 aliphatic rings. The molecule has 112 valence electrons. The molecule has 0 bridgehead atoms. The van der Waals surface area contributed by atoms with Gasteiger partial charge in [-0.15, -0.1) is 10.2 Å². The lowest BCUT2D eigenvalue weighted by Crippen LogP contribution is -2.29. The van der Waals surface area contributed by atoms with Crippen LogP contribution in [0.4, 0.5) is 0 Å². The number of rotatable bonds is 5. The van der Waals surface area contributed by atoms with Gasteiger partial charge in [0.05, 0.1) is 24.5 Å². The van der Waals surface area contributed by atoms with Crippen LogP contribution in [0.3, 0.4) is 0 Å². The molecule has 7 heteroatoms. The van der Waals surface area contributed by atoms with Gasteiger partial charge in [-0.1, -0.05) is 30.3 Å². The predicted molar refractivity (Wildman–Crippen MR) is 77.4 cm³/mol. The molecule has 0 saturated carbocycles. The summed E-state index contributed by atoms with van der Waals surface area (Å²) in [6.45, 7) is 0.405. The Morgan fingerprint density at radius 1 is 1.19 bits per heavy atom. The van der Waals surface area contributed by atoms with Crippen molar-refractivity contribution in [2.45, 2.75) is 25.4 Å². The second-order valence-electron chi connectivity index (χ2n) is 5.23. The molecule has 6 nitrogen and oxygen atoms in total. The highest BCUT2D eigenvalue weighted by Crippen LogP contribution is 2.12. The van der Waals surface area contributed by atoms with E-state index in [0.717, 1.165) is 5.56 Å². The Morgan fingerprint density at radius 3 is 2.67 bits per heavy atom. The first-order valence-corrected chi connectivity index (χ1v) is 8.72. The van der Waals surface area contributed by atoms with Crippen molar-refractivity contribution in [3.8, 4) is 0 Å². The average molecular weight is 307 g/mol. The number of sulfone groups is 1. The van der Waals surface area contributed by atoms with E-state index in [-0.39, 0.29) is 17.5 Å². The monoisotopic (exact) mass is 307 g/mol. The molecule has 1 saturated heterocycles. The molecule has 2 aromatic rings. The molecule has 1 aliphatic heterocycles.